The van der Waals surface area contributed by atoms with Crippen LogP contribution in [0.25, 0.3) is 0 Å². The van der Waals surface area contributed by atoms with Crippen molar-refractivity contribution in [2.24, 2.45) is 5.41 Å². The van der Waals surface area contributed by atoms with E-state index >= 15 is 0 Å². The first-order valence-corrected chi connectivity index (χ1v) is 7.66. The average molecular weight is 331 g/mol. The number of alkyl halides is 1. The Morgan fingerprint density at radius 3 is 2.29 bits per heavy atom. The van der Waals surface area contributed by atoms with Crippen LogP contribution in [0.15, 0.2) is 30.3 Å². The predicted octanol–water partition coefficient (Wildman–Crippen LogP) is 4.12. The van der Waals surface area contributed by atoms with Gasteiger partial charge in [0.25, 0.3) is 0 Å². The number of esters is 1. The number of hydrogen-bond acceptors (Lipinski definition) is 3. The van der Waals surface area contributed by atoms with Gasteiger partial charge in [-0.3, -0.25) is 9.59 Å². The second-order valence-corrected chi connectivity index (χ2v) is 6.39. The molecule has 2 unspecified atom stereocenters. The van der Waals surface area contributed by atoms with E-state index < -0.39 is 22.0 Å². The molecule has 0 amide bonds. The molecule has 1 rings (SSSR count). The molecule has 116 valence electrons. The predicted molar refractivity (Wildman–Crippen MR) is 84.7 cm³/mol. The van der Waals surface area contributed by atoms with Crippen LogP contribution in [-0.4, -0.2) is 23.2 Å². The maximum absolute atomic E-state index is 12.4. The molecule has 0 aliphatic rings. The highest BCUT2D eigenvalue weighted by Crippen LogP contribution is 2.43. The van der Waals surface area contributed by atoms with Crippen molar-refractivity contribution in [2.75, 3.05) is 6.61 Å². The Kier molecular flexibility index (Phi) is 6.69. The van der Waals surface area contributed by atoms with Gasteiger partial charge in [0.1, 0.15) is 0 Å². The summed E-state index contributed by atoms with van der Waals surface area (Å²) in [5.41, 5.74) is 0.133. The fraction of sp³-hybridized carbons (Fsp3) is 0.500. The van der Waals surface area contributed by atoms with E-state index in [2.05, 4.69) is 0 Å². The van der Waals surface area contributed by atoms with Crippen LogP contribution in [0.4, 0.5) is 0 Å². The molecule has 0 saturated heterocycles. The largest absolute Gasteiger partial charge is 0.466 e. The van der Waals surface area contributed by atoms with E-state index in [4.69, 9.17) is 27.9 Å². The molecule has 3 nitrogen and oxygen atoms in total. The van der Waals surface area contributed by atoms with Gasteiger partial charge in [-0.2, -0.15) is 0 Å². The number of halogens is 2. The van der Waals surface area contributed by atoms with Gasteiger partial charge in [0.2, 0.25) is 5.24 Å². The third kappa shape index (κ3) is 4.72. The Labute approximate surface area is 135 Å². The van der Waals surface area contributed by atoms with Gasteiger partial charge < -0.3 is 4.74 Å². The summed E-state index contributed by atoms with van der Waals surface area (Å²) in [4.78, 5) is 23.5. The molecule has 1 aromatic rings. The van der Waals surface area contributed by atoms with Crippen LogP contribution >= 0.6 is 23.2 Å². The molecule has 0 aromatic heterocycles. The fourth-order valence-electron chi connectivity index (χ4n) is 2.33. The van der Waals surface area contributed by atoms with Gasteiger partial charge in [0.05, 0.1) is 12.5 Å². The lowest BCUT2D eigenvalue weighted by atomic mass is 9.71. The molecule has 5 heteroatoms. The summed E-state index contributed by atoms with van der Waals surface area (Å²) in [7, 11) is 0. The Hall–Kier alpha value is -1.06. The van der Waals surface area contributed by atoms with Crippen molar-refractivity contribution in [3.05, 3.63) is 35.9 Å². The Morgan fingerprint density at radius 2 is 1.81 bits per heavy atom. The molecule has 0 heterocycles. The summed E-state index contributed by atoms with van der Waals surface area (Å²) in [5.74, 6) is -0.904. The number of rotatable bonds is 7. The molecule has 0 aliphatic carbocycles. The van der Waals surface area contributed by atoms with Crippen molar-refractivity contribution in [1.29, 1.82) is 0 Å². The Bertz CT molecular complexity index is 486. The number of benzene rings is 1. The zero-order valence-electron chi connectivity index (χ0n) is 12.4. The second kappa shape index (κ2) is 7.81. The van der Waals surface area contributed by atoms with Crippen LogP contribution in [0.1, 0.15) is 38.7 Å². The number of hydrogen-bond donors (Lipinski definition) is 0. The minimum atomic E-state index is -0.681. The van der Waals surface area contributed by atoms with E-state index in [-0.39, 0.29) is 12.4 Å². The topological polar surface area (TPSA) is 43.4 Å². The third-order valence-corrected chi connectivity index (χ3v) is 4.42. The lowest BCUT2D eigenvalue weighted by Crippen LogP contribution is -2.38. The monoisotopic (exact) mass is 330 g/mol. The lowest BCUT2D eigenvalue weighted by Gasteiger charge is -2.36. The van der Waals surface area contributed by atoms with Crippen molar-refractivity contribution in [1.82, 2.24) is 0 Å². The first-order chi connectivity index (χ1) is 9.80. The second-order valence-electron chi connectivity index (χ2n) is 5.44. The molecule has 0 N–H and O–H groups in total. The molecule has 2 atom stereocenters. The van der Waals surface area contributed by atoms with Crippen molar-refractivity contribution < 1.29 is 14.3 Å². The summed E-state index contributed by atoms with van der Waals surface area (Å²) in [6, 6.07) is 9.30. The van der Waals surface area contributed by atoms with Crippen molar-refractivity contribution in [3.8, 4) is 0 Å². The van der Waals surface area contributed by atoms with Crippen molar-refractivity contribution in [3.63, 3.8) is 0 Å². The van der Waals surface area contributed by atoms with E-state index in [9.17, 15) is 9.59 Å². The molecule has 0 radical (unpaired) electrons. The molecule has 0 bridgehead atoms. The van der Waals surface area contributed by atoms with Gasteiger partial charge in [-0.05, 0) is 29.5 Å². The summed E-state index contributed by atoms with van der Waals surface area (Å²) >= 11 is 11.8. The van der Waals surface area contributed by atoms with Gasteiger partial charge in [-0.1, -0.05) is 44.2 Å². The Balaban J connectivity index is 3.16. The van der Waals surface area contributed by atoms with E-state index in [1.165, 1.54) is 0 Å². The quantitative estimate of drug-likeness (QED) is 0.429. The first kappa shape index (κ1) is 18.0. The average Bonchev–Trinajstić information content (AvgIpc) is 2.39. The highest BCUT2D eigenvalue weighted by Gasteiger charge is 2.43. The van der Waals surface area contributed by atoms with Gasteiger partial charge in [-0.15, -0.1) is 11.6 Å². The van der Waals surface area contributed by atoms with Crippen LogP contribution in [-0.2, 0) is 14.3 Å². The standard InChI is InChI=1S/C16H20Cl2O3/c1-4-21-15(20)14(11-8-6-5-7-9-11)16(2,3)12(17)10-13(18)19/h5-9,12,14H,4,10H2,1-3H3. The van der Waals surface area contributed by atoms with E-state index in [1.54, 1.807) is 6.92 Å². The molecule has 0 saturated carbocycles. The minimum absolute atomic E-state index is 0.00114. The molecule has 0 spiro atoms. The van der Waals surface area contributed by atoms with Crippen LogP contribution in [0.3, 0.4) is 0 Å². The number of ether oxygens (including phenoxy) is 1. The Morgan fingerprint density at radius 1 is 1.24 bits per heavy atom. The minimum Gasteiger partial charge on any atom is -0.466 e. The van der Waals surface area contributed by atoms with Crippen molar-refractivity contribution >= 4 is 34.4 Å². The normalized spacial score (nSPS) is 14.3. The van der Waals surface area contributed by atoms with Gasteiger partial charge in [0.15, 0.2) is 0 Å². The van der Waals surface area contributed by atoms with E-state index in [1.807, 2.05) is 44.2 Å². The summed E-state index contributed by atoms with van der Waals surface area (Å²) in [5, 5.41) is -1.09. The molecule has 0 aliphatic heterocycles. The molecule has 0 fully saturated rings. The highest BCUT2D eigenvalue weighted by atomic mass is 35.5. The number of carbonyl (C=O) groups is 2. The number of carbonyl (C=O) groups excluding carboxylic acids is 2. The van der Waals surface area contributed by atoms with Gasteiger partial charge in [0, 0.05) is 11.8 Å². The smallest absolute Gasteiger partial charge is 0.314 e. The van der Waals surface area contributed by atoms with Gasteiger partial charge in [-0.25, -0.2) is 0 Å². The van der Waals surface area contributed by atoms with Crippen LogP contribution < -0.4 is 0 Å². The third-order valence-electron chi connectivity index (χ3n) is 3.55. The van der Waals surface area contributed by atoms with Crippen LogP contribution in [0, 0.1) is 5.41 Å². The molecule has 21 heavy (non-hydrogen) atoms. The van der Waals surface area contributed by atoms with E-state index in [0.29, 0.717) is 6.61 Å². The van der Waals surface area contributed by atoms with Crippen LogP contribution in [0.2, 0.25) is 0 Å². The van der Waals surface area contributed by atoms with E-state index in [0.717, 1.165) is 5.56 Å². The molecular formula is C16H20Cl2O3. The molecule has 1 aromatic carbocycles. The summed E-state index contributed by atoms with van der Waals surface area (Å²) in [6.45, 7) is 5.74. The fourth-order valence-corrected chi connectivity index (χ4v) is 2.82. The highest BCUT2D eigenvalue weighted by molar-refractivity contribution is 6.63. The zero-order valence-corrected chi connectivity index (χ0v) is 13.9. The van der Waals surface area contributed by atoms with Gasteiger partial charge >= 0.3 is 5.97 Å². The lowest BCUT2D eigenvalue weighted by molar-refractivity contribution is -0.148. The zero-order chi connectivity index (χ0) is 16.0. The summed E-state index contributed by atoms with van der Waals surface area (Å²) in [6.07, 6.45) is -0.00114. The maximum Gasteiger partial charge on any atom is 0.314 e. The van der Waals surface area contributed by atoms with Crippen molar-refractivity contribution in [2.45, 2.75) is 38.5 Å². The van der Waals surface area contributed by atoms with Crippen LogP contribution in [0.5, 0.6) is 0 Å². The first-order valence-electron chi connectivity index (χ1n) is 6.84. The summed E-state index contributed by atoms with van der Waals surface area (Å²) < 4.78 is 5.18. The SMILES string of the molecule is CCOC(=O)C(c1ccccc1)C(C)(C)C(Cl)CC(=O)Cl. The molecular weight excluding hydrogens is 311 g/mol. The maximum atomic E-state index is 12.4.